The molecule has 8 aromatic rings. The minimum absolute atomic E-state index is 0.156. The summed E-state index contributed by atoms with van der Waals surface area (Å²) in [6, 6.07) is 19.1. The molecule has 12 nitrogen and oxygen atoms in total. The zero-order valence-electron chi connectivity index (χ0n) is 35.2. The van der Waals surface area contributed by atoms with E-state index >= 15 is 0 Å². The van der Waals surface area contributed by atoms with Gasteiger partial charge in [0.05, 0.1) is 77.5 Å². The van der Waals surface area contributed by atoms with E-state index < -0.39 is 25.2 Å². The Hall–Kier alpha value is -6.69. The average molecular weight is 913 g/mol. The number of fused-ring (bicyclic) bond motifs is 2. The minimum Gasteiger partial charge on any atom is -0.382 e. The van der Waals surface area contributed by atoms with Gasteiger partial charge in [-0.05, 0) is 62.3 Å². The molecule has 0 unspecified atom stereocenters. The van der Waals surface area contributed by atoms with Crippen LogP contribution in [0.1, 0.15) is 81.6 Å². The van der Waals surface area contributed by atoms with Crippen molar-refractivity contribution in [3.63, 3.8) is 0 Å². The molecule has 2 aliphatic carbocycles. The summed E-state index contributed by atoms with van der Waals surface area (Å²) in [6.07, 6.45) is 3.35. The van der Waals surface area contributed by atoms with Crippen LogP contribution in [-0.2, 0) is 0 Å². The number of H-pyrrole nitrogens is 2. The molecule has 19 heteroatoms. The monoisotopic (exact) mass is 912 g/mol. The van der Waals surface area contributed by atoms with E-state index in [0.717, 1.165) is 56.6 Å². The van der Waals surface area contributed by atoms with Gasteiger partial charge in [0.2, 0.25) is 0 Å². The Bertz CT molecular complexity index is 2970. The standard InChI is InChI=1S/C25H25F3N6.C21H18ClF3N6/c1-3-15(2)19-12-20(29-11-10-25(26,27)28)24-31-14-22(34(24)33-19)17-6-4-16(5-7-17)21-13-30-23(32-21)18-8-9-18;22-18-9-15(26-8-7-21(23,24)25)20-28-11-17(31(20)30-18)13-3-1-12(2-4-13)16-10-27-19(29-16)14-5-6-14/h3-7,12-14,18,29H,8-11H2,1-2H3,(H,30,32);1-4,9-11,14,26H,5-8H2,(H,27,29)/b15-3+;. The summed E-state index contributed by atoms with van der Waals surface area (Å²) in [5, 5.41) is 14.8. The van der Waals surface area contributed by atoms with Crippen LogP contribution in [0.4, 0.5) is 37.7 Å². The lowest BCUT2D eigenvalue weighted by Crippen LogP contribution is -2.15. The number of allylic oxidation sites excluding steroid dienone is 2. The molecule has 2 fully saturated rings. The molecule has 6 aromatic heterocycles. The van der Waals surface area contributed by atoms with Crippen molar-refractivity contribution in [2.45, 2.75) is 76.6 Å². The van der Waals surface area contributed by atoms with Crippen LogP contribution in [0.2, 0.25) is 5.15 Å². The first-order valence-corrected chi connectivity index (χ1v) is 21.6. The quantitative estimate of drug-likeness (QED) is 0.0838. The second-order valence-electron chi connectivity index (χ2n) is 16.2. The number of nitrogens with zero attached hydrogens (tertiary/aromatic N) is 8. The molecule has 0 spiro atoms. The summed E-state index contributed by atoms with van der Waals surface area (Å²) < 4.78 is 78.6. The highest BCUT2D eigenvalue weighted by atomic mass is 35.5. The summed E-state index contributed by atoms with van der Waals surface area (Å²) in [5.41, 5.74) is 10.6. The van der Waals surface area contributed by atoms with E-state index in [0.29, 0.717) is 45.9 Å². The number of aromatic amines is 2. The molecule has 0 amide bonds. The molecule has 0 aliphatic heterocycles. The molecule has 65 heavy (non-hydrogen) atoms. The van der Waals surface area contributed by atoms with E-state index in [1.165, 1.54) is 36.3 Å². The Morgan fingerprint density at radius 3 is 1.51 bits per heavy atom. The van der Waals surface area contributed by atoms with Crippen LogP contribution in [0.5, 0.6) is 0 Å². The normalized spacial score (nSPS) is 14.5. The van der Waals surface area contributed by atoms with Crippen LogP contribution in [-0.4, -0.2) is 74.6 Å². The van der Waals surface area contributed by atoms with Crippen LogP contribution < -0.4 is 10.6 Å². The van der Waals surface area contributed by atoms with Gasteiger partial charge < -0.3 is 20.6 Å². The molecule has 0 bridgehead atoms. The van der Waals surface area contributed by atoms with E-state index in [4.69, 9.17) is 16.7 Å². The van der Waals surface area contributed by atoms with Crippen LogP contribution in [0.15, 0.2) is 91.5 Å². The molecular weight excluding hydrogens is 870 g/mol. The Labute approximate surface area is 373 Å². The third-order valence-electron chi connectivity index (χ3n) is 11.3. The highest BCUT2D eigenvalue weighted by molar-refractivity contribution is 6.29. The zero-order valence-corrected chi connectivity index (χ0v) is 36.0. The van der Waals surface area contributed by atoms with Gasteiger partial charge in [0, 0.05) is 42.1 Å². The van der Waals surface area contributed by atoms with Crippen molar-refractivity contribution in [1.29, 1.82) is 0 Å². The summed E-state index contributed by atoms with van der Waals surface area (Å²) >= 11 is 6.11. The van der Waals surface area contributed by atoms with Gasteiger partial charge in [0.1, 0.15) is 11.6 Å². The number of anilines is 2. The third kappa shape index (κ3) is 10.2. The number of alkyl halides is 6. The van der Waals surface area contributed by atoms with Gasteiger partial charge in [0.25, 0.3) is 0 Å². The van der Waals surface area contributed by atoms with E-state index in [1.807, 2.05) is 80.8 Å². The van der Waals surface area contributed by atoms with E-state index in [-0.39, 0.29) is 18.2 Å². The Kier molecular flexibility index (Phi) is 11.9. The number of imidazole rings is 4. The average Bonchev–Trinajstić information content (AvgIpc) is 4.07. The van der Waals surface area contributed by atoms with Crippen LogP contribution >= 0.6 is 11.6 Å². The number of halogens is 7. The molecule has 0 saturated heterocycles. The maximum absolute atomic E-state index is 12.7. The smallest absolute Gasteiger partial charge is 0.382 e. The minimum atomic E-state index is -4.24. The van der Waals surface area contributed by atoms with Gasteiger partial charge in [-0.2, -0.15) is 36.5 Å². The summed E-state index contributed by atoms with van der Waals surface area (Å²) in [5.74, 6) is 3.19. The number of aromatic nitrogens is 10. The highest BCUT2D eigenvalue weighted by Gasteiger charge is 2.29. The van der Waals surface area contributed by atoms with Crippen molar-refractivity contribution in [2.75, 3.05) is 23.7 Å². The van der Waals surface area contributed by atoms with Gasteiger partial charge >= 0.3 is 12.4 Å². The van der Waals surface area contributed by atoms with Crippen molar-refractivity contribution in [3.8, 4) is 45.0 Å². The topological polar surface area (TPSA) is 142 Å². The molecule has 0 radical (unpaired) electrons. The van der Waals surface area contributed by atoms with Gasteiger partial charge in [-0.15, -0.1) is 0 Å². The summed E-state index contributed by atoms with van der Waals surface area (Å²) in [7, 11) is 0. The number of rotatable bonds is 13. The van der Waals surface area contributed by atoms with Crippen molar-refractivity contribution in [2.24, 2.45) is 0 Å². The number of nitrogens with one attached hydrogen (secondary N) is 4. The first kappa shape index (κ1) is 43.6. The predicted molar refractivity (Wildman–Crippen MR) is 239 cm³/mol. The van der Waals surface area contributed by atoms with E-state index in [2.05, 4.69) is 45.6 Å². The zero-order chi connectivity index (χ0) is 45.5. The number of hydrogen-bond donors (Lipinski definition) is 4. The molecule has 2 saturated carbocycles. The van der Waals surface area contributed by atoms with Gasteiger partial charge in [0.15, 0.2) is 16.4 Å². The first-order chi connectivity index (χ1) is 31.2. The Morgan fingerprint density at radius 1 is 0.646 bits per heavy atom. The summed E-state index contributed by atoms with van der Waals surface area (Å²) in [4.78, 5) is 24.5. The van der Waals surface area contributed by atoms with Gasteiger partial charge in [-0.25, -0.2) is 29.0 Å². The Balaban J connectivity index is 0.000000165. The van der Waals surface area contributed by atoms with E-state index in [9.17, 15) is 26.3 Å². The fourth-order valence-electron chi connectivity index (χ4n) is 7.32. The lowest BCUT2D eigenvalue weighted by atomic mass is 10.1. The molecular formula is C46H43ClF6N12. The van der Waals surface area contributed by atoms with Crippen LogP contribution in [0.25, 0.3) is 61.9 Å². The number of hydrogen-bond acceptors (Lipinski definition) is 8. The van der Waals surface area contributed by atoms with Crippen molar-refractivity contribution in [1.82, 2.24) is 49.1 Å². The lowest BCUT2D eigenvalue weighted by Gasteiger charge is -2.12. The van der Waals surface area contributed by atoms with Crippen molar-refractivity contribution < 1.29 is 26.3 Å². The second-order valence-corrected chi connectivity index (χ2v) is 16.6. The predicted octanol–water partition coefficient (Wildman–Crippen LogP) is 12.1. The van der Waals surface area contributed by atoms with Crippen LogP contribution in [0, 0.1) is 0 Å². The number of benzene rings is 2. The molecule has 2 aliphatic rings. The molecule has 336 valence electrons. The fourth-order valence-corrected chi connectivity index (χ4v) is 7.50. The SMILES string of the molecule is C/C=C(\C)c1cc(NCCC(F)(F)F)c2ncc(-c3ccc(-c4cnc(C5CC5)[nH]4)cc3)n2n1.FC(F)(F)CCNc1cc(Cl)nn2c(-c3ccc(-c4cnc(C5CC5)[nH]4)cc3)cnc12. The van der Waals surface area contributed by atoms with E-state index in [1.54, 1.807) is 23.0 Å². The van der Waals surface area contributed by atoms with Crippen molar-refractivity contribution >= 4 is 39.8 Å². The maximum atomic E-state index is 12.7. The van der Waals surface area contributed by atoms with Crippen molar-refractivity contribution in [3.05, 3.63) is 114 Å². The molecule has 2 aromatic carbocycles. The maximum Gasteiger partial charge on any atom is 0.390 e. The molecule has 6 heterocycles. The largest absolute Gasteiger partial charge is 0.390 e. The lowest BCUT2D eigenvalue weighted by molar-refractivity contribution is -0.132. The second kappa shape index (κ2) is 17.7. The molecule has 0 atom stereocenters. The molecule has 4 N–H and O–H groups in total. The molecule has 10 rings (SSSR count). The van der Waals surface area contributed by atoms with Crippen LogP contribution in [0.3, 0.4) is 0 Å². The highest BCUT2D eigenvalue weighted by Crippen LogP contribution is 2.40. The van der Waals surface area contributed by atoms with Gasteiger partial charge in [-0.1, -0.05) is 66.2 Å². The third-order valence-corrected chi connectivity index (χ3v) is 11.5. The van der Waals surface area contributed by atoms with Gasteiger partial charge in [-0.3, -0.25) is 0 Å². The Morgan fingerprint density at radius 2 is 1.08 bits per heavy atom. The fraction of sp³-hybridized carbons (Fsp3) is 0.304. The summed E-state index contributed by atoms with van der Waals surface area (Å²) in [6.45, 7) is 3.31. The first-order valence-electron chi connectivity index (χ1n) is 21.2.